The summed E-state index contributed by atoms with van der Waals surface area (Å²) in [6, 6.07) is 13.3. The molecular formula is C19H20N2O4S. The van der Waals surface area contributed by atoms with Gasteiger partial charge in [0.1, 0.15) is 10.6 Å². The Labute approximate surface area is 153 Å². The van der Waals surface area contributed by atoms with E-state index >= 15 is 0 Å². The molecule has 2 N–H and O–H groups in total. The summed E-state index contributed by atoms with van der Waals surface area (Å²) in [7, 11) is -2.22. The second-order valence-corrected chi connectivity index (χ2v) is 6.87. The summed E-state index contributed by atoms with van der Waals surface area (Å²) in [4.78, 5) is 11.9. The van der Waals surface area contributed by atoms with Gasteiger partial charge in [0.15, 0.2) is 0 Å². The number of hydrogen-bond donors (Lipinski definition) is 2. The number of para-hydroxylation sites is 1. The molecule has 6 nitrogen and oxygen atoms in total. The molecule has 0 saturated heterocycles. The standard InChI is InChI=1S/C19H20N2O4S/c1-3-25-17-12-6-7-13-18(17)26(23,24)21-14-8-10-15-9-4-5-11-16(15)19(22)20-2/h4-7,9,11-13,21H,3,14H2,1-2H3,(H,20,22). The topological polar surface area (TPSA) is 84.5 Å². The molecule has 0 bridgehead atoms. The van der Waals surface area contributed by atoms with Crippen LogP contribution in [0.2, 0.25) is 0 Å². The molecule has 0 atom stereocenters. The third kappa shape index (κ3) is 4.85. The molecule has 2 rings (SSSR count). The fourth-order valence-corrected chi connectivity index (χ4v) is 3.29. The highest BCUT2D eigenvalue weighted by Crippen LogP contribution is 2.22. The van der Waals surface area contributed by atoms with Gasteiger partial charge in [-0.3, -0.25) is 4.79 Å². The molecule has 0 spiro atoms. The van der Waals surface area contributed by atoms with Crippen molar-refractivity contribution >= 4 is 15.9 Å². The van der Waals surface area contributed by atoms with E-state index < -0.39 is 10.0 Å². The highest BCUT2D eigenvalue weighted by molar-refractivity contribution is 7.89. The number of amides is 1. The third-order valence-electron chi connectivity index (χ3n) is 3.41. The van der Waals surface area contributed by atoms with Gasteiger partial charge in [0.25, 0.3) is 5.91 Å². The van der Waals surface area contributed by atoms with Crippen LogP contribution in [0.3, 0.4) is 0 Å². The zero-order valence-electron chi connectivity index (χ0n) is 14.6. The number of nitrogens with one attached hydrogen (secondary N) is 2. The van der Waals surface area contributed by atoms with Gasteiger partial charge in [0.2, 0.25) is 10.0 Å². The summed E-state index contributed by atoms with van der Waals surface area (Å²) in [6.45, 7) is 2.06. The molecule has 0 aliphatic heterocycles. The van der Waals surface area contributed by atoms with Crippen LogP contribution in [0, 0.1) is 11.8 Å². The number of benzene rings is 2. The van der Waals surface area contributed by atoms with E-state index in [0.717, 1.165) is 0 Å². The number of carbonyl (C=O) groups is 1. The van der Waals surface area contributed by atoms with Crippen molar-refractivity contribution in [3.63, 3.8) is 0 Å². The third-order valence-corrected chi connectivity index (χ3v) is 4.85. The Bertz CT molecular complexity index is 943. The maximum absolute atomic E-state index is 12.4. The first-order valence-electron chi connectivity index (χ1n) is 8.01. The van der Waals surface area contributed by atoms with Gasteiger partial charge in [-0.15, -0.1) is 0 Å². The van der Waals surface area contributed by atoms with Gasteiger partial charge in [0.05, 0.1) is 18.7 Å². The van der Waals surface area contributed by atoms with Crippen molar-refractivity contribution in [2.75, 3.05) is 20.2 Å². The minimum absolute atomic E-state index is 0.0643. The number of hydrogen-bond acceptors (Lipinski definition) is 4. The summed E-state index contributed by atoms with van der Waals surface area (Å²) in [5.74, 6) is 5.60. The Hall–Kier alpha value is -2.82. The van der Waals surface area contributed by atoms with Crippen molar-refractivity contribution in [1.82, 2.24) is 10.0 Å². The molecule has 0 aromatic heterocycles. The van der Waals surface area contributed by atoms with Crippen LogP contribution >= 0.6 is 0 Å². The SMILES string of the molecule is CCOc1ccccc1S(=O)(=O)NCC#Cc1ccccc1C(=O)NC. The van der Waals surface area contributed by atoms with Crippen LogP contribution in [0.25, 0.3) is 0 Å². The summed E-state index contributed by atoms with van der Waals surface area (Å²) in [6.07, 6.45) is 0. The molecule has 2 aromatic rings. The van der Waals surface area contributed by atoms with Crippen molar-refractivity contribution in [2.45, 2.75) is 11.8 Å². The molecular weight excluding hydrogens is 352 g/mol. The molecule has 0 aliphatic carbocycles. The monoisotopic (exact) mass is 372 g/mol. The molecule has 0 saturated carbocycles. The Morgan fingerprint density at radius 2 is 1.81 bits per heavy atom. The van der Waals surface area contributed by atoms with E-state index in [0.29, 0.717) is 23.5 Å². The number of carbonyl (C=O) groups excluding carboxylic acids is 1. The van der Waals surface area contributed by atoms with Gasteiger partial charge in [-0.2, -0.15) is 4.72 Å². The summed E-state index contributed by atoms with van der Waals surface area (Å²) in [5, 5.41) is 2.54. The Kier molecular flexibility index (Phi) is 6.78. The van der Waals surface area contributed by atoms with Crippen molar-refractivity contribution in [3.8, 4) is 17.6 Å². The van der Waals surface area contributed by atoms with Crippen LogP contribution in [0.5, 0.6) is 5.75 Å². The number of rotatable bonds is 6. The molecule has 0 heterocycles. The van der Waals surface area contributed by atoms with Crippen LogP contribution < -0.4 is 14.8 Å². The lowest BCUT2D eigenvalue weighted by Gasteiger charge is -2.10. The van der Waals surface area contributed by atoms with Crippen molar-refractivity contribution in [3.05, 3.63) is 59.7 Å². The summed E-state index contributed by atoms with van der Waals surface area (Å²) >= 11 is 0. The lowest BCUT2D eigenvalue weighted by molar-refractivity contribution is 0.0963. The van der Waals surface area contributed by atoms with Gasteiger partial charge in [-0.25, -0.2) is 8.42 Å². The second kappa shape index (κ2) is 9.04. The van der Waals surface area contributed by atoms with Crippen LogP contribution in [0.1, 0.15) is 22.8 Å². The lowest BCUT2D eigenvalue weighted by Crippen LogP contribution is -2.24. The van der Waals surface area contributed by atoms with Gasteiger partial charge in [-0.05, 0) is 31.2 Å². The minimum atomic E-state index is -3.76. The first-order valence-corrected chi connectivity index (χ1v) is 9.49. The highest BCUT2D eigenvalue weighted by Gasteiger charge is 2.18. The van der Waals surface area contributed by atoms with Crippen molar-refractivity contribution in [2.24, 2.45) is 0 Å². The fraction of sp³-hybridized carbons (Fsp3) is 0.211. The zero-order chi connectivity index (χ0) is 19.0. The maximum Gasteiger partial charge on any atom is 0.252 e. The molecule has 26 heavy (non-hydrogen) atoms. The average Bonchev–Trinajstić information content (AvgIpc) is 2.65. The number of sulfonamides is 1. The molecule has 7 heteroatoms. The first-order chi connectivity index (χ1) is 12.5. The van der Waals surface area contributed by atoms with Crippen LogP contribution in [0.4, 0.5) is 0 Å². The van der Waals surface area contributed by atoms with E-state index in [1.54, 1.807) is 49.4 Å². The van der Waals surface area contributed by atoms with Crippen LogP contribution in [0.15, 0.2) is 53.4 Å². The summed E-state index contributed by atoms with van der Waals surface area (Å²) < 4.78 is 32.7. The van der Waals surface area contributed by atoms with E-state index in [1.807, 2.05) is 0 Å². The smallest absolute Gasteiger partial charge is 0.252 e. The van der Waals surface area contributed by atoms with Gasteiger partial charge < -0.3 is 10.1 Å². The van der Waals surface area contributed by atoms with E-state index in [2.05, 4.69) is 21.9 Å². The molecule has 0 fully saturated rings. The average molecular weight is 372 g/mol. The quantitative estimate of drug-likeness (QED) is 0.757. The Balaban J connectivity index is 2.14. The Morgan fingerprint density at radius 1 is 1.12 bits per heavy atom. The van der Waals surface area contributed by atoms with E-state index in [1.165, 1.54) is 13.1 Å². The van der Waals surface area contributed by atoms with E-state index in [9.17, 15) is 13.2 Å². The highest BCUT2D eigenvalue weighted by atomic mass is 32.2. The predicted molar refractivity (Wildman–Crippen MR) is 99.5 cm³/mol. The van der Waals surface area contributed by atoms with Gasteiger partial charge in [-0.1, -0.05) is 36.1 Å². The molecule has 1 amide bonds. The van der Waals surface area contributed by atoms with Crippen LogP contribution in [-0.4, -0.2) is 34.5 Å². The molecule has 0 aliphatic rings. The zero-order valence-corrected chi connectivity index (χ0v) is 15.4. The van der Waals surface area contributed by atoms with Gasteiger partial charge >= 0.3 is 0 Å². The van der Waals surface area contributed by atoms with Crippen LogP contribution in [-0.2, 0) is 10.0 Å². The first kappa shape index (κ1) is 19.5. The number of ether oxygens (including phenoxy) is 1. The molecule has 0 unspecified atom stereocenters. The van der Waals surface area contributed by atoms with Crippen molar-refractivity contribution in [1.29, 1.82) is 0 Å². The second-order valence-electron chi connectivity index (χ2n) is 5.13. The molecule has 136 valence electrons. The lowest BCUT2D eigenvalue weighted by atomic mass is 10.1. The maximum atomic E-state index is 12.4. The minimum Gasteiger partial charge on any atom is -0.492 e. The Morgan fingerprint density at radius 3 is 2.54 bits per heavy atom. The molecule has 2 aromatic carbocycles. The van der Waals surface area contributed by atoms with Crippen molar-refractivity contribution < 1.29 is 17.9 Å². The van der Waals surface area contributed by atoms with Gasteiger partial charge in [0, 0.05) is 12.6 Å². The normalized spacial score (nSPS) is 10.5. The summed E-state index contributed by atoms with van der Waals surface area (Å²) in [5.41, 5.74) is 0.966. The largest absolute Gasteiger partial charge is 0.492 e. The van der Waals surface area contributed by atoms with E-state index in [-0.39, 0.29) is 17.3 Å². The molecule has 0 radical (unpaired) electrons. The predicted octanol–water partition coefficient (Wildman–Crippen LogP) is 1.77. The fourth-order valence-electron chi connectivity index (χ4n) is 2.22. The van der Waals surface area contributed by atoms with E-state index in [4.69, 9.17) is 4.74 Å².